The van der Waals surface area contributed by atoms with Gasteiger partial charge in [-0.1, -0.05) is 12.8 Å². The molecule has 0 spiro atoms. The van der Waals surface area contributed by atoms with Crippen molar-refractivity contribution in [3.05, 3.63) is 0 Å². The van der Waals surface area contributed by atoms with Crippen LogP contribution in [0.1, 0.15) is 49.1 Å². The summed E-state index contributed by atoms with van der Waals surface area (Å²) in [5.74, 6) is -2.60. The summed E-state index contributed by atoms with van der Waals surface area (Å²) in [5, 5.41) is 17.4. The molecule has 0 radical (unpaired) electrons. The number of unbranched alkanes of at least 4 members (excludes halogenated alkanes) is 3. The molecule has 22 heavy (non-hydrogen) atoms. The van der Waals surface area contributed by atoms with Crippen LogP contribution >= 0.6 is 0 Å². The molecule has 7 heteroatoms. The van der Waals surface area contributed by atoms with Gasteiger partial charge in [-0.25, -0.2) is 0 Å². The van der Waals surface area contributed by atoms with Crippen LogP contribution in [0.25, 0.3) is 0 Å². The van der Waals surface area contributed by atoms with Crippen molar-refractivity contribution in [3.8, 4) is 0 Å². The summed E-state index contributed by atoms with van der Waals surface area (Å²) < 4.78 is 27.1. The van der Waals surface area contributed by atoms with E-state index in [1.807, 2.05) is 0 Å². The van der Waals surface area contributed by atoms with Crippen LogP contribution in [0, 0.1) is 0 Å². The van der Waals surface area contributed by atoms with Crippen molar-refractivity contribution in [1.29, 1.82) is 0 Å². The van der Waals surface area contributed by atoms with Crippen LogP contribution in [0.4, 0.5) is 0 Å². The van der Waals surface area contributed by atoms with E-state index >= 15 is 0 Å². The highest BCUT2D eigenvalue weighted by atomic mass is 16.5. The number of quaternary nitrogens is 1. The lowest BCUT2D eigenvalue weighted by Crippen LogP contribution is -2.43. The van der Waals surface area contributed by atoms with Gasteiger partial charge in [-0.15, -0.1) is 0 Å². The number of aliphatic carboxylic acids is 2. The zero-order valence-electron chi connectivity index (χ0n) is 16.2. The summed E-state index contributed by atoms with van der Waals surface area (Å²) in [6, 6.07) is 0. The second-order valence-electron chi connectivity index (χ2n) is 5.89. The third kappa shape index (κ3) is 13.4. The van der Waals surface area contributed by atoms with Crippen LogP contribution in [0.2, 0.25) is 0 Å². The van der Waals surface area contributed by atoms with E-state index in [0.717, 1.165) is 0 Å². The monoisotopic (exact) mass is 321 g/mol. The molecular weight excluding hydrogens is 290 g/mol. The molecule has 0 unspecified atom stereocenters. The molecule has 0 aromatic carbocycles. The Morgan fingerprint density at radius 2 is 1.64 bits per heavy atom. The van der Waals surface area contributed by atoms with Crippen molar-refractivity contribution in [1.82, 2.24) is 0 Å². The van der Waals surface area contributed by atoms with Gasteiger partial charge in [0.05, 0.1) is 31.6 Å². The molecule has 2 N–H and O–H groups in total. The first-order chi connectivity index (χ1) is 11.3. The van der Waals surface area contributed by atoms with E-state index in [1.165, 1.54) is 14.1 Å². The summed E-state index contributed by atoms with van der Waals surface area (Å²) in [6.07, 6.45) is 1.10. The van der Waals surface area contributed by atoms with Crippen LogP contribution in [-0.4, -0.2) is 66.3 Å². The zero-order valence-corrected chi connectivity index (χ0v) is 13.2. The predicted octanol–water partition coefficient (Wildman–Crippen LogP) is 1.50. The van der Waals surface area contributed by atoms with Gasteiger partial charge < -0.3 is 19.4 Å². The first kappa shape index (κ1) is 15.3. The molecule has 0 aliphatic carbocycles. The van der Waals surface area contributed by atoms with E-state index in [0.29, 0.717) is 25.7 Å². The largest absolute Gasteiger partial charge is 0.481 e. The highest BCUT2D eigenvalue weighted by molar-refractivity contribution is 5.71. The molecule has 0 fully saturated rings. The molecule has 0 aliphatic rings. The van der Waals surface area contributed by atoms with Crippen molar-refractivity contribution in [2.24, 2.45) is 0 Å². The molecule has 0 aromatic rings. The lowest BCUT2D eigenvalue weighted by atomic mass is 10.1. The summed E-state index contributed by atoms with van der Waals surface area (Å²) in [7, 11) is 2.86. The second kappa shape index (κ2) is 10.2. The minimum Gasteiger partial charge on any atom is -0.481 e. The summed E-state index contributed by atoms with van der Waals surface area (Å²) >= 11 is 0. The fourth-order valence-electron chi connectivity index (χ4n) is 1.99. The highest BCUT2D eigenvalue weighted by Gasteiger charge is 2.24. The second-order valence-corrected chi connectivity index (χ2v) is 5.89. The van der Waals surface area contributed by atoms with Crippen LogP contribution < -0.4 is 0 Å². The number of rotatable bonds is 12. The molecule has 7 nitrogen and oxygen atoms in total. The van der Waals surface area contributed by atoms with Gasteiger partial charge in [-0.3, -0.25) is 14.4 Å². The van der Waals surface area contributed by atoms with Gasteiger partial charge in [-0.05, 0) is 12.8 Å². The van der Waals surface area contributed by atoms with Gasteiger partial charge in [0.2, 0.25) is 0 Å². The van der Waals surface area contributed by atoms with Crippen molar-refractivity contribution in [3.63, 3.8) is 0 Å². The van der Waals surface area contributed by atoms with E-state index in [4.69, 9.17) is 19.1 Å². The van der Waals surface area contributed by atoms with E-state index in [2.05, 4.69) is 0 Å². The molecule has 0 saturated heterocycles. The quantitative estimate of drug-likeness (QED) is 0.321. The minimum absolute atomic E-state index is 0.0877. The van der Waals surface area contributed by atoms with Gasteiger partial charge in [0.25, 0.3) is 0 Å². The topological polar surface area (TPSA) is 101 Å². The lowest BCUT2D eigenvalue weighted by molar-refractivity contribution is -0.873. The molecule has 0 aromatic heterocycles. The maximum Gasteiger partial charge on any atom is 0.307 e. The standard InChI is InChI=1S/C15H27NO6/c1-16(2,3)11-12(10-14(19)20)22-15(21)9-7-5-4-6-8-13(17)18/h12H,4-11H2,1-3H3,(H-,17,18,19,20)/p+1/t12-/m1/s1/i1D3. The van der Waals surface area contributed by atoms with Crippen molar-refractivity contribution >= 4 is 17.9 Å². The number of hydrogen-bond donors (Lipinski definition) is 2. The fraction of sp³-hybridized carbons (Fsp3) is 0.800. The van der Waals surface area contributed by atoms with Crippen LogP contribution in [0.5, 0.6) is 0 Å². The Morgan fingerprint density at radius 1 is 1.05 bits per heavy atom. The van der Waals surface area contributed by atoms with Gasteiger partial charge in [0.15, 0.2) is 6.10 Å². The average Bonchev–Trinajstić information content (AvgIpc) is 2.39. The van der Waals surface area contributed by atoms with Crippen molar-refractivity contribution in [2.75, 3.05) is 27.6 Å². The number of carbonyl (C=O) groups excluding carboxylic acids is 1. The predicted molar refractivity (Wildman–Crippen MR) is 80.4 cm³/mol. The molecule has 0 saturated carbocycles. The Hall–Kier alpha value is -1.63. The molecule has 0 aliphatic heterocycles. The molecule has 0 amide bonds. The first-order valence-electron chi connectivity index (χ1n) is 8.81. The Morgan fingerprint density at radius 3 is 2.14 bits per heavy atom. The van der Waals surface area contributed by atoms with Crippen LogP contribution in [0.15, 0.2) is 0 Å². The van der Waals surface area contributed by atoms with Crippen LogP contribution in [0.3, 0.4) is 0 Å². The number of esters is 1. The zero-order chi connectivity index (χ0) is 19.7. The maximum atomic E-state index is 11.9. The number of carboxylic acids is 2. The Labute approximate surface area is 135 Å². The highest BCUT2D eigenvalue weighted by Crippen LogP contribution is 2.10. The van der Waals surface area contributed by atoms with Crippen LogP contribution in [-0.2, 0) is 19.1 Å². The van der Waals surface area contributed by atoms with Gasteiger partial charge in [0, 0.05) is 12.8 Å². The molecule has 0 heterocycles. The molecule has 1 atom stereocenters. The van der Waals surface area contributed by atoms with E-state index in [-0.39, 0.29) is 19.4 Å². The summed E-state index contributed by atoms with van der Waals surface area (Å²) in [6.45, 7) is -2.49. The maximum absolute atomic E-state index is 11.9. The number of ether oxygens (including phenoxy) is 1. The molecular formula is C15H28NO6+. The molecule has 128 valence electrons. The summed E-state index contributed by atoms with van der Waals surface area (Å²) in [5.41, 5.74) is 0. The number of nitrogens with zero attached hydrogens (tertiary/aromatic N) is 1. The van der Waals surface area contributed by atoms with Crippen molar-refractivity contribution in [2.45, 2.75) is 51.0 Å². The normalized spacial score (nSPS) is 15.3. The van der Waals surface area contributed by atoms with E-state index in [1.54, 1.807) is 0 Å². The third-order valence-corrected chi connectivity index (χ3v) is 2.88. The summed E-state index contributed by atoms with van der Waals surface area (Å²) in [4.78, 5) is 33.2. The number of hydrogen-bond acceptors (Lipinski definition) is 4. The number of carboxylic acid groups (broad SMARTS) is 2. The number of likely N-dealkylation sites (N-methyl/N-ethyl adjacent to an activating group) is 1. The van der Waals surface area contributed by atoms with E-state index < -0.39 is 41.9 Å². The SMILES string of the molecule is [2H]C([2H])([2H])[N+](C)(C)C[C@@H](CC(=O)O)OC(=O)CCCCCCC(=O)O. The fourth-order valence-corrected chi connectivity index (χ4v) is 1.99. The van der Waals surface area contributed by atoms with Gasteiger partial charge in [0.1, 0.15) is 6.54 Å². The molecule has 0 rings (SSSR count). The number of carbonyl (C=O) groups is 3. The van der Waals surface area contributed by atoms with Gasteiger partial charge >= 0.3 is 17.9 Å². The smallest absolute Gasteiger partial charge is 0.307 e. The lowest BCUT2D eigenvalue weighted by Gasteiger charge is -2.28. The average molecular weight is 321 g/mol. The Bertz CT molecular complexity index is 465. The van der Waals surface area contributed by atoms with E-state index in [9.17, 15) is 14.4 Å². The third-order valence-electron chi connectivity index (χ3n) is 2.88. The Kier molecular flexibility index (Phi) is 7.05. The van der Waals surface area contributed by atoms with Gasteiger partial charge in [-0.2, -0.15) is 0 Å². The minimum atomic E-state index is -2.35. The Balaban J connectivity index is 4.40. The first-order valence-corrected chi connectivity index (χ1v) is 7.31. The molecule has 0 bridgehead atoms. The van der Waals surface area contributed by atoms with Crippen molar-refractivity contribution < 1.29 is 37.9 Å².